The highest BCUT2D eigenvalue weighted by Crippen LogP contribution is 2.42. The van der Waals surface area contributed by atoms with Crippen LogP contribution in [-0.4, -0.2) is 83.7 Å². The summed E-state index contributed by atoms with van der Waals surface area (Å²) in [6, 6.07) is 28.5. The van der Waals surface area contributed by atoms with Crippen molar-refractivity contribution in [3.63, 3.8) is 0 Å². The van der Waals surface area contributed by atoms with E-state index in [-0.39, 0.29) is 98.6 Å². The summed E-state index contributed by atoms with van der Waals surface area (Å²) in [6.45, 7) is 5.52. The number of ether oxygens (including phenoxy) is 3. The molecule has 0 aromatic heterocycles. The van der Waals surface area contributed by atoms with Crippen molar-refractivity contribution in [1.82, 2.24) is 10.2 Å². The van der Waals surface area contributed by atoms with Gasteiger partial charge in [0.1, 0.15) is 24.7 Å². The maximum atomic E-state index is 14.2. The summed E-state index contributed by atoms with van der Waals surface area (Å²) >= 11 is 0. The number of ketones is 2. The predicted molar refractivity (Wildman–Crippen MR) is 301 cm³/mol. The smallest absolute Gasteiger partial charge is 0.258 e. The first-order valence-electron chi connectivity index (χ1n) is 27.9. The molecule has 5 aliphatic heterocycles. The maximum absolute atomic E-state index is 14.2. The molecule has 0 saturated carbocycles. The normalized spacial score (nSPS) is 17.5. The fourth-order valence-corrected chi connectivity index (χ4v) is 11.8. The first-order valence-corrected chi connectivity index (χ1v) is 27.9. The van der Waals surface area contributed by atoms with Crippen molar-refractivity contribution < 1.29 is 52.6 Å². The molecule has 16 nitrogen and oxygen atoms in total. The lowest BCUT2D eigenvalue weighted by molar-refractivity contribution is -0.137. The highest BCUT2D eigenvalue weighted by atomic mass is 16.5. The second-order valence-corrected chi connectivity index (χ2v) is 21.8. The lowest BCUT2D eigenvalue weighted by Crippen LogP contribution is -2.39. The largest absolute Gasteiger partial charge is 0.493 e. The molecule has 5 aromatic carbocycles. The number of nitrogens with one attached hydrogen (secondary N) is 2. The fourth-order valence-electron chi connectivity index (χ4n) is 11.8. The number of carbonyl (C=O) groups excluding carboxylic acids is 8. The topological polar surface area (TPSA) is 198 Å². The summed E-state index contributed by atoms with van der Waals surface area (Å²) in [7, 11) is 1.54. The van der Waals surface area contributed by atoms with Gasteiger partial charge < -0.3 is 34.6 Å². The van der Waals surface area contributed by atoms with Crippen molar-refractivity contribution in [3.8, 4) is 17.2 Å². The number of rotatable bonds is 22. The summed E-state index contributed by atoms with van der Waals surface area (Å²) in [4.78, 5) is 109. The molecule has 0 saturated heterocycles. The molecule has 0 aliphatic carbocycles. The van der Waals surface area contributed by atoms with Crippen LogP contribution < -0.4 is 34.6 Å². The standard InChI is InChI=1S/C64H67N5O11/c1-38-26-51-43(19-21-48-31-45-12-5-8-16-53(45)68(48)63(51)76)33-56(38)79-36-41-28-42(37-80-58-34-44-20-22-49-32-46-13-6-9-17-54(46)69(49)64(77)52(44)35-57(58)78-4)30-47(29-41)66-62(75)39(2)27-55(71)40(3)65-59(72)18-10-7-14-50(70)15-11-25-67-60(73)23-24-61(67)74/h5-6,8-9,12-13,16-17,23-24,26,28-30,33-35,39-40,48-49H,7,10-11,14-15,18-22,25,27,31-32,36-37H2,1-4H3,(H,65,72)(H,66,75). The van der Waals surface area contributed by atoms with E-state index in [0.29, 0.717) is 65.3 Å². The molecular formula is C64H67N5O11. The number of methoxy groups -OCH3 is 1. The molecule has 0 radical (unpaired) electrons. The van der Waals surface area contributed by atoms with E-state index in [9.17, 15) is 38.4 Å². The molecule has 10 rings (SSSR count). The zero-order valence-corrected chi connectivity index (χ0v) is 45.8. The molecule has 4 atom stereocenters. The van der Waals surface area contributed by atoms with Gasteiger partial charge in [0.15, 0.2) is 17.3 Å². The molecule has 5 aliphatic rings. The molecule has 0 spiro atoms. The number of amides is 6. The van der Waals surface area contributed by atoms with Crippen LogP contribution in [0.4, 0.5) is 17.1 Å². The minimum atomic E-state index is -0.852. The Labute approximate surface area is 465 Å². The Morgan fingerprint density at radius 2 is 1.19 bits per heavy atom. The Kier molecular flexibility index (Phi) is 16.4. The van der Waals surface area contributed by atoms with Crippen LogP contribution in [-0.2, 0) is 67.7 Å². The second-order valence-electron chi connectivity index (χ2n) is 21.8. The summed E-state index contributed by atoms with van der Waals surface area (Å²) in [5.74, 6) is -1.17. The number of fused-ring (bicyclic) bond motifs is 8. The molecule has 2 N–H and O–H groups in total. The minimum absolute atomic E-state index is 0.00643. The number of imide groups is 1. The van der Waals surface area contributed by atoms with Gasteiger partial charge in [0, 0.05) is 90.6 Å². The zero-order chi connectivity index (χ0) is 56.2. The molecule has 0 fully saturated rings. The van der Waals surface area contributed by atoms with Gasteiger partial charge in [-0.15, -0.1) is 0 Å². The Morgan fingerprint density at radius 3 is 1.80 bits per heavy atom. The third-order valence-corrected chi connectivity index (χ3v) is 16.1. The summed E-state index contributed by atoms with van der Waals surface area (Å²) in [6.07, 6.45) is 8.78. The van der Waals surface area contributed by atoms with E-state index in [0.717, 1.165) is 76.2 Å². The highest BCUT2D eigenvalue weighted by molar-refractivity contribution is 6.13. The monoisotopic (exact) mass is 1080 g/mol. The van der Waals surface area contributed by atoms with Crippen molar-refractivity contribution >= 4 is 64.1 Å². The lowest BCUT2D eigenvalue weighted by Gasteiger charge is -2.23. The Balaban J connectivity index is 0.793. The molecule has 0 bridgehead atoms. The van der Waals surface area contributed by atoms with E-state index in [1.165, 1.54) is 17.7 Å². The molecule has 5 heterocycles. The van der Waals surface area contributed by atoms with Gasteiger partial charge in [-0.05, 0) is 165 Å². The van der Waals surface area contributed by atoms with Crippen molar-refractivity contribution in [2.75, 3.05) is 28.8 Å². The minimum Gasteiger partial charge on any atom is -0.493 e. The van der Waals surface area contributed by atoms with Gasteiger partial charge in [0.05, 0.1) is 13.2 Å². The van der Waals surface area contributed by atoms with Crippen LogP contribution in [0.15, 0.2) is 103 Å². The molecule has 414 valence electrons. The molecule has 5 aromatic rings. The van der Waals surface area contributed by atoms with Gasteiger partial charge in [-0.25, -0.2) is 0 Å². The first-order chi connectivity index (χ1) is 38.6. The summed E-state index contributed by atoms with van der Waals surface area (Å²) in [5, 5.41) is 5.74. The number of benzene rings is 5. The number of hydrogen-bond acceptors (Lipinski definition) is 11. The molecule has 6 amide bonds. The number of aryl methyl sites for hydroxylation is 3. The van der Waals surface area contributed by atoms with Gasteiger partial charge in [0.25, 0.3) is 23.6 Å². The van der Waals surface area contributed by atoms with Gasteiger partial charge in [-0.2, -0.15) is 0 Å². The number of nitrogens with zero attached hydrogens (tertiary/aromatic N) is 3. The third-order valence-electron chi connectivity index (χ3n) is 16.1. The highest BCUT2D eigenvalue weighted by Gasteiger charge is 2.39. The SMILES string of the molecule is COc1cc2c(cc1OCc1cc(COc3cc4c(cc3C)C(=O)N3c5ccccc5CC3CC4)cc(NC(=O)C(C)CC(=O)C(C)NC(=O)CCCCC(=O)CCCN3C(=O)C=CC3=O)c1)CCC1Cc3ccccc3N1C2=O. The van der Waals surface area contributed by atoms with Crippen LogP contribution >= 0.6 is 0 Å². The Hall–Kier alpha value is -8.40. The Bertz CT molecular complexity index is 3330. The fraction of sp³-hybridized carbons (Fsp3) is 0.375. The molecule has 16 heteroatoms. The van der Waals surface area contributed by atoms with Crippen molar-refractivity contribution in [1.29, 1.82) is 0 Å². The van der Waals surface area contributed by atoms with Gasteiger partial charge in [-0.1, -0.05) is 43.3 Å². The molecule has 4 unspecified atom stereocenters. The number of unbranched alkanes of at least 4 members (excludes halogenated alkanes) is 1. The van der Waals surface area contributed by atoms with Crippen LogP contribution in [0.2, 0.25) is 0 Å². The van der Waals surface area contributed by atoms with E-state index in [1.54, 1.807) is 33.1 Å². The van der Waals surface area contributed by atoms with Crippen molar-refractivity contribution in [3.05, 3.63) is 153 Å². The van der Waals surface area contributed by atoms with Gasteiger partial charge in [-0.3, -0.25) is 43.3 Å². The van der Waals surface area contributed by atoms with Gasteiger partial charge >= 0.3 is 0 Å². The van der Waals surface area contributed by atoms with Gasteiger partial charge in [0.2, 0.25) is 11.8 Å². The zero-order valence-electron chi connectivity index (χ0n) is 45.8. The molecular weight excluding hydrogens is 1010 g/mol. The van der Waals surface area contributed by atoms with Crippen molar-refractivity contribution in [2.24, 2.45) is 5.92 Å². The van der Waals surface area contributed by atoms with Crippen LogP contribution in [0, 0.1) is 12.8 Å². The predicted octanol–water partition coefficient (Wildman–Crippen LogP) is 9.07. The van der Waals surface area contributed by atoms with Crippen LogP contribution in [0.5, 0.6) is 17.2 Å². The Morgan fingerprint density at radius 1 is 0.637 bits per heavy atom. The summed E-state index contributed by atoms with van der Waals surface area (Å²) in [5.41, 5.74) is 10.0. The maximum Gasteiger partial charge on any atom is 0.258 e. The molecule has 80 heavy (non-hydrogen) atoms. The lowest BCUT2D eigenvalue weighted by atomic mass is 9.98. The number of carbonyl (C=O) groups is 8. The average molecular weight is 1080 g/mol. The number of anilines is 3. The summed E-state index contributed by atoms with van der Waals surface area (Å²) < 4.78 is 18.9. The third kappa shape index (κ3) is 11.9. The van der Waals surface area contributed by atoms with E-state index in [2.05, 4.69) is 22.8 Å². The van der Waals surface area contributed by atoms with E-state index in [4.69, 9.17) is 14.2 Å². The number of hydrogen-bond donors (Lipinski definition) is 2. The quantitative estimate of drug-likeness (QED) is 0.0495. The first kappa shape index (κ1) is 54.9. The van der Waals surface area contributed by atoms with E-state index in [1.807, 2.05) is 83.5 Å². The van der Waals surface area contributed by atoms with Crippen LogP contribution in [0.25, 0.3) is 0 Å². The number of para-hydroxylation sites is 2. The van der Waals surface area contributed by atoms with Crippen LogP contribution in [0.1, 0.15) is 131 Å². The van der Waals surface area contributed by atoms with E-state index < -0.39 is 17.9 Å². The second kappa shape index (κ2) is 23.9. The van der Waals surface area contributed by atoms with Crippen LogP contribution in [0.3, 0.4) is 0 Å². The average Bonchev–Trinajstić information content (AvgIpc) is 4.18. The number of Topliss-reactive ketones (excluding diaryl/α,β-unsaturated/α-hetero) is 2. The van der Waals surface area contributed by atoms with E-state index >= 15 is 0 Å². The van der Waals surface area contributed by atoms with Crippen molar-refractivity contribution in [2.45, 2.75) is 136 Å².